The molecule has 1 aromatic heterocycles. The molecule has 2 aromatic rings. The number of hydrogen-bond acceptors (Lipinski definition) is 5. The van der Waals surface area contributed by atoms with Crippen molar-refractivity contribution in [1.29, 1.82) is 0 Å². The van der Waals surface area contributed by atoms with Crippen molar-refractivity contribution < 1.29 is 0 Å². The predicted molar refractivity (Wildman–Crippen MR) is 91.7 cm³/mol. The van der Waals surface area contributed by atoms with E-state index in [0.29, 0.717) is 0 Å². The summed E-state index contributed by atoms with van der Waals surface area (Å²) in [7, 11) is 0. The Labute approximate surface area is 130 Å². The van der Waals surface area contributed by atoms with Crippen molar-refractivity contribution in [2.24, 2.45) is 0 Å². The Hall–Kier alpha value is -1.75. The van der Waals surface area contributed by atoms with Crippen LogP contribution in [0.4, 0.5) is 17.3 Å². The van der Waals surface area contributed by atoms with E-state index >= 15 is 0 Å². The van der Waals surface area contributed by atoms with Crippen LogP contribution >= 0.6 is 11.8 Å². The van der Waals surface area contributed by atoms with E-state index in [1.54, 1.807) is 11.8 Å². The zero-order chi connectivity index (χ0) is 15.1. The standard InChI is InChI=1S/C16H22N4S/c1-4-10-17-14-11-15(20-16(19-14)21-3)18-13-8-6-12(5-2)7-9-13/h6-9,11H,4-5,10H2,1-3H3,(H2,17,18,19,20). The summed E-state index contributed by atoms with van der Waals surface area (Å²) in [5, 5.41) is 7.42. The van der Waals surface area contributed by atoms with Crippen LogP contribution in [-0.2, 0) is 6.42 Å². The average Bonchev–Trinajstić information content (AvgIpc) is 2.53. The van der Waals surface area contributed by atoms with E-state index in [9.17, 15) is 0 Å². The van der Waals surface area contributed by atoms with Crippen LogP contribution in [0.5, 0.6) is 0 Å². The van der Waals surface area contributed by atoms with Gasteiger partial charge < -0.3 is 10.6 Å². The zero-order valence-electron chi connectivity index (χ0n) is 12.8. The summed E-state index contributed by atoms with van der Waals surface area (Å²) in [4.78, 5) is 8.96. The minimum atomic E-state index is 0.767. The van der Waals surface area contributed by atoms with Crippen LogP contribution in [-0.4, -0.2) is 22.8 Å². The van der Waals surface area contributed by atoms with E-state index in [0.717, 1.165) is 41.9 Å². The van der Waals surface area contributed by atoms with Gasteiger partial charge in [-0.05, 0) is 36.8 Å². The van der Waals surface area contributed by atoms with Gasteiger partial charge in [0.2, 0.25) is 0 Å². The van der Waals surface area contributed by atoms with E-state index in [2.05, 4.69) is 58.7 Å². The molecule has 112 valence electrons. The number of thioether (sulfide) groups is 1. The number of anilines is 3. The highest BCUT2D eigenvalue weighted by molar-refractivity contribution is 7.98. The van der Waals surface area contributed by atoms with Gasteiger partial charge in [-0.3, -0.25) is 0 Å². The van der Waals surface area contributed by atoms with Gasteiger partial charge in [0.25, 0.3) is 0 Å². The molecule has 0 aliphatic heterocycles. The number of nitrogens with one attached hydrogen (secondary N) is 2. The predicted octanol–water partition coefficient (Wildman–Crippen LogP) is 4.33. The fourth-order valence-electron chi connectivity index (χ4n) is 1.90. The third-order valence-corrected chi connectivity index (χ3v) is 3.63. The second-order valence-corrected chi connectivity index (χ2v) is 5.50. The van der Waals surface area contributed by atoms with Crippen LogP contribution in [0, 0.1) is 0 Å². The van der Waals surface area contributed by atoms with Crippen LogP contribution in [0.25, 0.3) is 0 Å². The third-order valence-electron chi connectivity index (χ3n) is 3.08. The van der Waals surface area contributed by atoms with Gasteiger partial charge in [0.1, 0.15) is 11.6 Å². The highest BCUT2D eigenvalue weighted by atomic mass is 32.2. The molecule has 0 unspecified atom stereocenters. The smallest absolute Gasteiger partial charge is 0.191 e. The number of rotatable bonds is 7. The van der Waals surface area contributed by atoms with Crippen molar-refractivity contribution in [3.63, 3.8) is 0 Å². The Bertz CT molecular complexity index is 569. The average molecular weight is 302 g/mol. The normalized spacial score (nSPS) is 10.4. The van der Waals surface area contributed by atoms with Crippen molar-refractivity contribution >= 4 is 29.1 Å². The molecule has 1 aromatic carbocycles. The van der Waals surface area contributed by atoms with Crippen LogP contribution in [0.1, 0.15) is 25.8 Å². The van der Waals surface area contributed by atoms with Gasteiger partial charge in [0.15, 0.2) is 5.16 Å². The second-order valence-electron chi connectivity index (χ2n) is 4.73. The molecule has 21 heavy (non-hydrogen) atoms. The fourth-order valence-corrected chi connectivity index (χ4v) is 2.28. The number of aryl methyl sites for hydroxylation is 1. The Kier molecular flexibility index (Phi) is 5.87. The van der Waals surface area contributed by atoms with Gasteiger partial charge in [0.05, 0.1) is 0 Å². The molecule has 5 heteroatoms. The minimum absolute atomic E-state index is 0.767. The number of nitrogens with zero attached hydrogens (tertiary/aromatic N) is 2. The minimum Gasteiger partial charge on any atom is -0.370 e. The summed E-state index contributed by atoms with van der Waals surface area (Å²) in [6, 6.07) is 10.4. The molecule has 0 spiro atoms. The Morgan fingerprint density at radius 1 is 1.05 bits per heavy atom. The first kappa shape index (κ1) is 15.6. The molecule has 0 fully saturated rings. The molecule has 0 saturated heterocycles. The summed E-state index contributed by atoms with van der Waals surface area (Å²) >= 11 is 1.54. The Morgan fingerprint density at radius 3 is 2.38 bits per heavy atom. The van der Waals surface area contributed by atoms with E-state index < -0.39 is 0 Å². The van der Waals surface area contributed by atoms with E-state index in [4.69, 9.17) is 0 Å². The maximum Gasteiger partial charge on any atom is 0.191 e. The summed E-state index contributed by atoms with van der Waals surface area (Å²) in [5.74, 6) is 1.68. The first-order valence-corrected chi connectivity index (χ1v) is 8.50. The number of benzene rings is 1. The van der Waals surface area contributed by atoms with Gasteiger partial charge in [-0.25, -0.2) is 9.97 Å². The van der Waals surface area contributed by atoms with Crippen LogP contribution in [0.3, 0.4) is 0 Å². The molecule has 0 bridgehead atoms. The SMILES string of the molecule is CCCNc1cc(Nc2ccc(CC)cc2)nc(SC)n1. The largest absolute Gasteiger partial charge is 0.370 e. The second kappa shape index (κ2) is 7.88. The number of hydrogen-bond donors (Lipinski definition) is 2. The molecule has 0 aliphatic carbocycles. The molecule has 2 rings (SSSR count). The maximum absolute atomic E-state index is 4.50. The number of aromatic nitrogens is 2. The van der Waals surface area contributed by atoms with E-state index in [-0.39, 0.29) is 0 Å². The van der Waals surface area contributed by atoms with Gasteiger partial charge in [-0.2, -0.15) is 0 Å². The summed E-state index contributed by atoms with van der Waals surface area (Å²) < 4.78 is 0. The van der Waals surface area contributed by atoms with Gasteiger partial charge in [-0.15, -0.1) is 0 Å². The van der Waals surface area contributed by atoms with Gasteiger partial charge >= 0.3 is 0 Å². The Morgan fingerprint density at radius 2 is 1.76 bits per heavy atom. The summed E-state index contributed by atoms with van der Waals surface area (Å²) in [6.07, 6.45) is 4.11. The van der Waals surface area contributed by atoms with E-state index in [1.807, 2.05) is 12.3 Å². The van der Waals surface area contributed by atoms with Crippen molar-refractivity contribution in [1.82, 2.24) is 9.97 Å². The highest BCUT2D eigenvalue weighted by Gasteiger charge is 2.04. The lowest BCUT2D eigenvalue weighted by Crippen LogP contribution is -2.05. The van der Waals surface area contributed by atoms with Gasteiger partial charge in [0, 0.05) is 18.3 Å². The molecular weight excluding hydrogens is 280 g/mol. The lowest BCUT2D eigenvalue weighted by Gasteiger charge is -2.10. The molecule has 1 heterocycles. The maximum atomic E-state index is 4.50. The van der Waals surface area contributed by atoms with Crippen LogP contribution in [0.2, 0.25) is 0 Å². The van der Waals surface area contributed by atoms with Crippen molar-refractivity contribution in [2.45, 2.75) is 31.8 Å². The topological polar surface area (TPSA) is 49.8 Å². The first-order valence-electron chi connectivity index (χ1n) is 7.28. The van der Waals surface area contributed by atoms with Crippen molar-refractivity contribution in [3.05, 3.63) is 35.9 Å². The molecule has 0 aliphatic rings. The molecule has 0 atom stereocenters. The monoisotopic (exact) mass is 302 g/mol. The summed E-state index contributed by atoms with van der Waals surface area (Å²) in [6.45, 7) is 5.21. The molecule has 0 saturated carbocycles. The van der Waals surface area contributed by atoms with Crippen LogP contribution < -0.4 is 10.6 Å². The van der Waals surface area contributed by atoms with Crippen LogP contribution in [0.15, 0.2) is 35.5 Å². The van der Waals surface area contributed by atoms with E-state index in [1.165, 1.54) is 5.56 Å². The van der Waals surface area contributed by atoms with Crippen molar-refractivity contribution in [3.8, 4) is 0 Å². The zero-order valence-corrected chi connectivity index (χ0v) is 13.6. The third kappa shape index (κ3) is 4.63. The fraction of sp³-hybridized carbons (Fsp3) is 0.375. The molecule has 4 nitrogen and oxygen atoms in total. The first-order chi connectivity index (χ1) is 10.2. The molecule has 2 N–H and O–H groups in total. The molecule has 0 amide bonds. The van der Waals surface area contributed by atoms with Gasteiger partial charge in [-0.1, -0.05) is 37.7 Å². The summed E-state index contributed by atoms with van der Waals surface area (Å²) in [5.41, 5.74) is 2.37. The molecule has 0 radical (unpaired) electrons. The van der Waals surface area contributed by atoms with Crippen molar-refractivity contribution in [2.75, 3.05) is 23.4 Å². The lowest BCUT2D eigenvalue weighted by atomic mass is 10.1. The quantitative estimate of drug-likeness (QED) is 0.589. The molecular formula is C16H22N4S. The Balaban J connectivity index is 2.16. The highest BCUT2D eigenvalue weighted by Crippen LogP contribution is 2.21. The lowest BCUT2D eigenvalue weighted by molar-refractivity contribution is 0.929.